The number of primary sulfonamides is 1. The van der Waals surface area contributed by atoms with Gasteiger partial charge in [0.2, 0.25) is 15.9 Å². The first kappa shape index (κ1) is 20.0. The van der Waals surface area contributed by atoms with Crippen molar-refractivity contribution in [3.8, 4) is 0 Å². The lowest BCUT2D eigenvalue weighted by Gasteiger charge is -2.08. The van der Waals surface area contributed by atoms with E-state index < -0.39 is 10.0 Å². The summed E-state index contributed by atoms with van der Waals surface area (Å²) in [6, 6.07) is 12.8. The van der Waals surface area contributed by atoms with E-state index in [1.165, 1.54) is 18.2 Å². The van der Waals surface area contributed by atoms with Gasteiger partial charge in [0.05, 0.1) is 11.4 Å². The summed E-state index contributed by atoms with van der Waals surface area (Å²) in [7, 11) is -3.68. The van der Waals surface area contributed by atoms with Gasteiger partial charge >= 0.3 is 0 Å². The van der Waals surface area contributed by atoms with Crippen LogP contribution in [0.15, 0.2) is 53.4 Å². The van der Waals surface area contributed by atoms with Gasteiger partial charge in [-0.05, 0) is 48.7 Å². The largest absolute Gasteiger partial charge is 0.355 e. The average molecular weight is 379 g/mol. The maximum Gasteiger partial charge on any atom is 0.238 e. The van der Waals surface area contributed by atoms with Crippen molar-refractivity contribution in [1.82, 2.24) is 10.6 Å². The fourth-order valence-electron chi connectivity index (χ4n) is 2.38. The van der Waals surface area contributed by atoms with Gasteiger partial charge < -0.3 is 10.6 Å². The number of carbonyl (C=O) groups excluding carboxylic acids is 1. The van der Waals surface area contributed by atoms with E-state index in [1.807, 2.05) is 0 Å². The summed E-state index contributed by atoms with van der Waals surface area (Å²) < 4.78 is 35.8. The molecule has 0 fully saturated rings. The first-order chi connectivity index (χ1) is 12.4. The van der Waals surface area contributed by atoms with Crippen molar-refractivity contribution in [2.24, 2.45) is 5.14 Å². The third-order valence-corrected chi connectivity index (χ3v) is 4.73. The summed E-state index contributed by atoms with van der Waals surface area (Å²) >= 11 is 0. The molecule has 0 unspecified atom stereocenters. The quantitative estimate of drug-likeness (QED) is 0.565. The van der Waals surface area contributed by atoms with E-state index >= 15 is 0 Å². The van der Waals surface area contributed by atoms with E-state index in [0.29, 0.717) is 31.5 Å². The van der Waals surface area contributed by atoms with Crippen LogP contribution in [0, 0.1) is 5.82 Å². The van der Waals surface area contributed by atoms with Crippen LogP contribution < -0.4 is 15.8 Å². The molecule has 0 spiro atoms. The standard InChI is InChI=1S/C18H22FN3O3S/c19-17-4-2-1-3-15(17)10-12-22-18(23)13-21-11-9-14-5-7-16(8-6-14)26(20,24)25/h1-8,21H,9-13H2,(H,22,23)(H2,20,24,25). The van der Waals surface area contributed by atoms with Crippen LogP contribution >= 0.6 is 0 Å². The van der Waals surface area contributed by atoms with Crippen LogP contribution in [-0.4, -0.2) is 34.0 Å². The molecule has 2 rings (SSSR count). The molecule has 0 saturated heterocycles. The summed E-state index contributed by atoms with van der Waals surface area (Å²) in [5, 5.41) is 10.8. The van der Waals surface area contributed by atoms with Gasteiger partial charge in [0, 0.05) is 6.54 Å². The molecule has 0 radical (unpaired) electrons. The molecule has 140 valence electrons. The first-order valence-electron chi connectivity index (χ1n) is 8.19. The van der Waals surface area contributed by atoms with Gasteiger partial charge in [0.15, 0.2) is 0 Å². The van der Waals surface area contributed by atoms with Crippen molar-refractivity contribution in [2.45, 2.75) is 17.7 Å². The van der Waals surface area contributed by atoms with E-state index in [1.54, 1.807) is 30.3 Å². The highest BCUT2D eigenvalue weighted by molar-refractivity contribution is 7.89. The Kier molecular flexibility index (Phi) is 7.26. The minimum absolute atomic E-state index is 0.0726. The molecule has 2 aromatic carbocycles. The highest BCUT2D eigenvalue weighted by atomic mass is 32.2. The molecule has 0 aliphatic heterocycles. The summed E-state index contributed by atoms with van der Waals surface area (Å²) in [4.78, 5) is 11.8. The van der Waals surface area contributed by atoms with Crippen LogP contribution in [0.25, 0.3) is 0 Å². The molecule has 0 heterocycles. The molecule has 0 aliphatic carbocycles. The number of sulfonamides is 1. The van der Waals surface area contributed by atoms with Gasteiger partial charge in [-0.25, -0.2) is 17.9 Å². The van der Waals surface area contributed by atoms with Gasteiger partial charge in [0.25, 0.3) is 0 Å². The SMILES string of the molecule is NS(=O)(=O)c1ccc(CCNCC(=O)NCCc2ccccc2F)cc1. The monoisotopic (exact) mass is 379 g/mol. The number of nitrogens with two attached hydrogens (primary N) is 1. The van der Waals surface area contributed by atoms with Crippen molar-refractivity contribution in [1.29, 1.82) is 0 Å². The number of hydrogen-bond donors (Lipinski definition) is 3. The van der Waals surface area contributed by atoms with E-state index in [4.69, 9.17) is 5.14 Å². The number of benzene rings is 2. The Morgan fingerprint density at radius 1 is 1.00 bits per heavy atom. The van der Waals surface area contributed by atoms with Crippen LogP contribution in [0.3, 0.4) is 0 Å². The zero-order chi connectivity index (χ0) is 19.0. The molecule has 1 amide bonds. The molecule has 0 bridgehead atoms. The van der Waals surface area contributed by atoms with Crippen molar-refractivity contribution in [3.05, 3.63) is 65.5 Å². The molecule has 8 heteroatoms. The summed E-state index contributed by atoms with van der Waals surface area (Å²) in [5.41, 5.74) is 1.51. The number of halogens is 1. The van der Waals surface area contributed by atoms with Crippen molar-refractivity contribution in [2.75, 3.05) is 19.6 Å². The van der Waals surface area contributed by atoms with Gasteiger partial charge in [0.1, 0.15) is 5.82 Å². The highest BCUT2D eigenvalue weighted by Gasteiger charge is 2.07. The second kappa shape index (κ2) is 9.42. The van der Waals surface area contributed by atoms with E-state index in [9.17, 15) is 17.6 Å². The third-order valence-electron chi connectivity index (χ3n) is 3.80. The minimum atomic E-state index is -3.68. The first-order valence-corrected chi connectivity index (χ1v) is 9.73. The zero-order valence-corrected chi connectivity index (χ0v) is 15.1. The number of amides is 1. The Morgan fingerprint density at radius 3 is 2.35 bits per heavy atom. The molecular weight excluding hydrogens is 357 g/mol. The normalized spacial score (nSPS) is 11.3. The van der Waals surface area contributed by atoms with Crippen LogP contribution in [0.4, 0.5) is 4.39 Å². The second-order valence-electron chi connectivity index (χ2n) is 5.81. The maximum absolute atomic E-state index is 13.4. The predicted octanol–water partition coefficient (Wildman–Crippen LogP) is 0.964. The fraction of sp³-hybridized carbons (Fsp3) is 0.278. The predicted molar refractivity (Wildman–Crippen MR) is 97.5 cm³/mol. The number of hydrogen-bond acceptors (Lipinski definition) is 4. The average Bonchev–Trinajstić information content (AvgIpc) is 2.60. The van der Waals surface area contributed by atoms with Crippen molar-refractivity contribution >= 4 is 15.9 Å². The highest BCUT2D eigenvalue weighted by Crippen LogP contribution is 2.09. The molecule has 4 N–H and O–H groups in total. The molecular formula is C18H22FN3O3S. The van der Waals surface area contributed by atoms with E-state index in [0.717, 1.165) is 5.56 Å². The maximum atomic E-state index is 13.4. The van der Waals surface area contributed by atoms with Gasteiger partial charge in [-0.2, -0.15) is 0 Å². The van der Waals surface area contributed by atoms with E-state index in [2.05, 4.69) is 10.6 Å². The molecule has 0 atom stereocenters. The Morgan fingerprint density at radius 2 is 1.69 bits per heavy atom. The summed E-state index contributed by atoms with van der Waals surface area (Å²) in [6.07, 6.45) is 1.09. The second-order valence-corrected chi connectivity index (χ2v) is 7.37. The van der Waals surface area contributed by atoms with Gasteiger partial charge in [-0.3, -0.25) is 4.79 Å². The van der Waals surface area contributed by atoms with Crippen LogP contribution in [0.1, 0.15) is 11.1 Å². The molecule has 0 aromatic heterocycles. The lowest BCUT2D eigenvalue weighted by Crippen LogP contribution is -2.35. The number of carbonyl (C=O) groups is 1. The van der Waals surface area contributed by atoms with E-state index in [-0.39, 0.29) is 23.2 Å². The van der Waals surface area contributed by atoms with Crippen LogP contribution in [-0.2, 0) is 27.7 Å². The number of nitrogens with one attached hydrogen (secondary N) is 2. The smallest absolute Gasteiger partial charge is 0.238 e. The lowest BCUT2D eigenvalue weighted by molar-refractivity contribution is -0.120. The van der Waals surface area contributed by atoms with Crippen LogP contribution in [0.5, 0.6) is 0 Å². The Labute approximate surface area is 152 Å². The fourth-order valence-corrected chi connectivity index (χ4v) is 2.90. The topological polar surface area (TPSA) is 101 Å². The minimum Gasteiger partial charge on any atom is -0.355 e. The molecule has 6 nitrogen and oxygen atoms in total. The van der Waals surface area contributed by atoms with Gasteiger partial charge in [-0.15, -0.1) is 0 Å². The van der Waals surface area contributed by atoms with Gasteiger partial charge in [-0.1, -0.05) is 30.3 Å². The lowest BCUT2D eigenvalue weighted by atomic mass is 10.1. The van der Waals surface area contributed by atoms with Crippen LogP contribution in [0.2, 0.25) is 0 Å². The third kappa shape index (κ3) is 6.55. The summed E-state index contributed by atoms with van der Waals surface area (Å²) in [5.74, 6) is -0.431. The molecule has 0 aliphatic rings. The van der Waals surface area contributed by atoms with Crippen molar-refractivity contribution in [3.63, 3.8) is 0 Å². The Hall–Kier alpha value is -2.29. The molecule has 26 heavy (non-hydrogen) atoms. The molecule has 2 aromatic rings. The Bertz CT molecular complexity index is 839. The number of rotatable bonds is 9. The van der Waals surface area contributed by atoms with Crippen molar-refractivity contribution < 1.29 is 17.6 Å². The zero-order valence-electron chi connectivity index (χ0n) is 14.2. The molecule has 0 saturated carbocycles. The Balaban J connectivity index is 1.63. The summed E-state index contributed by atoms with van der Waals surface area (Å²) in [6.45, 7) is 1.10.